The summed E-state index contributed by atoms with van der Waals surface area (Å²) in [7, 11) is 1.57. The molecule has 0 fully saturated rings. The van der Waals surface area contributed by atoms with Gasteiger partial charge in [-0.1, -0.05) is 41.9 Å². The first-order valence-electron chi connectivity index (χ1n) is 6.69. The van der Waals surface area contributed by atoms with Gasteiger partial charge in [0.2, 0.25) is 0 Å². The van der Waals surface area contributed by atoms with E-state index in [-0.39, 0.29) is 0 Å². The molecule has 0 heterocycles. The molecule has 0 saturated carbocycles. The Balaban J connectivity index is 2.20. The van der Waals surface area contributed by atoms with Gasteiger partial charge in [0.05, 0.1) is 13.0 Å². The number of hydrogen-bond acceptors (Lipinski definition) is 2. The highest BCUT2D eigenvalue weighted by molar-refractivity contribution is 6.30. The van der Waals surface area contributed by atoms with Crippen LogP contribution in [0.4, 0.5) is 0 Å². The summed E-state index contributed by atoms with van der Waals surface area (Å²) < 4.78 is 5.28. The zero-order chi connectivity index (χ0) is 15.2. The van der Waals surface area contributed by atoms with E-state index in [1.807, 2.05) is 30.3 Å². The third-order valence-corrected chi connectivity index (χ3v) is 3.62. The quantitative estimate of drug-likeness (QED) is 0.882. The van der Waals surface area contributed by atoms with Crippen molar-refractivity contribution in [3.05, 3.63) is 64.7 Å². The number of methoxy groups -OCH3 is 1. The van der Waals surface area contributed by atoms with Gasteiger partial charge < -0.3 is 9.84 Å². The lowest BCUT2D eigenvalue weighted by molar-refractivity contribution is -0.141. The zero-order valence-electron chi connectivity index (χ0n) is 11.8. The molecular formula is C17H17ClO3. The van der Waals surface area contributed by atoms with Crippen molar-refractivity contribution in [3.63, 3.8) is 0 Å². The summed E-state index contributed by atoms with van der Waals surface area (Å²) in [6.45, 7) is 0. The number of carbonyl (C=O) groups is 1. The van der Waals surface area contributed by atoms with Gasteiger partial charge in [-0.3, -0.25) is 4.79 Å². The lowest BCUT2D eigenvalue weighted by atomic mass is 9.92. The van der Waals surface area contributed by atoms with Gasteiger partial charge in [0.15, 0.2) is 0 Å². The van der Waals surface area contributed by atoms with E-state index in [0.717, 1.165) is 11.1 Å². The van der Waals surface area contributed by atoms with E-state index in [1.54, 1.807) is 25.3 Å². The Hall–Kier alpha value is -2.00. The van der Waals surface area contributed by atoms with Gasteiger partial charge in [0.1, 0.15) is 5.75 Å². The van der Waals surface area contributed by atoms with Crippen molar-refractivity contribution in [1.82, 2.24) is 0 Å². The number of carboxylic acid groups (broad SMARTS) is 1. The number of rotatable bonds is 6. The minimum absolute atomic E-state index is 0.383. The highest BCUT2D eigenvalue weighted by Gasteiger charge is 2.20. The molecule has 0 amide bonds. The molecule has 0 saturated heterocycles. The Morgan fingerprint density at radius 3 is 2.52 bits per heavy atom. The van der Waals surface area contributed by atoms with E-state index in [2.05, 4.69) is 0 Å². The Morgan fingerprint density at radius 1 is 1.19 bits per heavy atom. The van der Waals surface area contributed by atoms with Crippen LogP contribution >= 0.6 is 11.6 Å². The maximum Gasteiger partial charge on any atom is 0.307 e. The van der Waals surface area contributed by atoms with Gasteiger partial charge in [0.25, 0.3) is 0 Å². The summed E-state index contributed by atoms with van der Waals surface area (Å²) in [5.41, 5.74) is 1.82. The highest BCUT2D eigenvalue weighted by Crippen LogP contribution is 2.26. The molecule has 110 valence electrons. The molecule has 1 atom stereocenters. The molecule has 4 heteroatoms. The Bertz CT molecular complexity index is 611. The fourth-order valence-electron chi connectivity index (χ4n) is 2.32. The number of carboxylic acids is 1. The first-order valence-corrected chi connectivity index (χ1v) is 7.07. The maximum atomic E-state index is 11.5. The number of ether oxygens (including phenoxy) is 1. The maximum absolute atomic E-state index is 11.5. The van der Waals surface area contributed by atoms with Crippen molar-refractivity contribution in [2.75, 3.05) is 7.11 Å². The normalized spacial score (nSPS) is 11.9. The summed E-state index contributed by atoms with van der Waals surface area (Å²) in [6.07, 6.45) is 0.861. The minimum atomic E-state index is -0.819. The Kier molecular flexibility index (Phi) is 5.23. The standard InChI is InChI=1S/C17H17ClO3/c1-21-16-8-7-15(18)11-13(16)10-14(17(19)20)9-12-5-3-2-4-6-12/h2-8,11,14H,9-10H2,1H3,(H,19,20). The molecule has 1 unspecified atom stereocenters. The van der Waals surface area contributed by atoms with Crippen molar-refractivity contribution in [2.45, 2.75) is 12.8 Å². The van der Waals surface area contributed by atoms with Crippen LogP contribution in [-0.4, -0.2) is 18.2 Å². The molecule has 21 heavy (non-hydrogen) atoms. The second-order valence-corrected chi connectivity index (χ2v) is 5.32. The topological polar surface area (TPSA) is 46.5 Å². The number of hydrogen-bond donors (Lipinski definition) is 1. The number of aliphatic carboxylic acids is 1. The van der Waals surface area contributed by atoms with Crippen LogP contribution in [0.15, 0.2) is 48.5 Å². The highest BCUT2D eigenvalue weighted by atomic mass is 35.5. The molecule has 0 aromatic heterocycles. The van der Waals surface area contributed by atoms with Gasteiger partial charge in [-0.15, -0.1) is 0 Å². The molecule has 2 aromatic carbocycles. The van der Waals surface area contributed by atoms with E-state index in [1.165, 1.54) is 0 Å². The largest absolute Gasteiger partial charge is 0.496 e. The zero-order valence-corrected chi connectivity index (χ0v) is 12.5. The van der Waals surface area contributed by atoms with Crippen LogP contribution < -0.4 is 4.74 Å². The van der Waals surface area contributed by atoms with Gasteiger partial charge in [0, 0.05) is 5.02 Å². The average molecular weight is 305 g/mol. The molecule has 0 aliphatic heterocycles. The molecule has 0 bridgehead atoms. The van der Waals surface area contributed by atoms with E-state index in [9.17, 15) is 9.90 Å². The summed E-state index contributed by atoms with van der Waals surface area (Å²) in [6, 6.07) is 14.9. The van der Waals surface area contributed by atoms with Gasteiger partial charge >= 0.3 is 5.97 Å². The first kappa shape index (κ1) is 15.4. The molecule has 3 nitrogen and oxygen atoms in total. The average Bonchev–Trinajstić information content (AvgIpc) is 2.48. The van der Waals surface area contributed by atoms with Crippen molar-refractivity contribution in [2.24, 2.45) is 5.92 Å². The number of benzene rings is 2. The van der Waals surface area contributed by atoms with Gasteiger partial charge in [-0.05, 0) is 42.2 Å². The second-order valence-electron chi connectivity index (χ2n) is 4.89. The summed E-state index contributed by atoms with van der Waals surface area (Å²) in [5, 5.41) is 10.0. The third kappa shape index (κ3) is 4.23. The van der Waals surface area contributed by atoms with Crippen molar-refractivity contribution < 1.29 is 14.6 Å². The molecule has 0 radical (unpaired) electrons. The van der Waals surface area contributed by atoms with Crippen molar-refractivity contribution in [1.29, 1.82) is 0 Å². The van der Waals surface area contributed by atoms with E-state index in [0.29, 0.717) is 23.6 Å². The van der Waals surface area contributed by atoms with E-state index in [4.69, 9.17) is 16.3 Å². The fourth-order valence-corrected chi connectivity index (χ4v) is 2.51. The van der Waals surface area contributed by atoms with Gasteiger partial charge in [-0.25, -0.2) is 0 Å². The predicted octanol–water partition coefficient (Wildman–Crippen LogP) is 3.83. The monoisotopic (exact) mass is 304 g/mol. The van der Waals surface area contributed by atoms with Crippen LogP contribution in [0, 0.1) is 5.92 Å². The van der Waals surface area contributed by atoms with Crippen LogP contribution in [0.3, 0.4) is 0 Å². The molecule has 0 spiro atoms. The Morgan fingerprint density at radius 2 is 1.90 bits per heavy atom. The molecule has 2 aromatic rings. The van der Waals surface area contributed by atoms with Crippen LogP contribution in [0.25, 0.3) is 0 Å². The smallest absolute Gasteiger partial charge is 0.307 e. The van der Waals surface area contributed by atoms with Crippen LogP contribution in [-0.2, 0) is 17.6 Å². The summed E-state index contributed by atoms with van der Waals surface area (Å²) >= 11 is 5.99. The molecule has 0 aliphatic rings. The molecule has 2 rings (SSSR count). The van der Waals surface area contributed by atoms with Crippen LogP contribution in [0.2, 0.25) is 5.02 Å². The molecule has 0 aliphatic carbocycles. The fraction of sp³-hybridized carbons (Fsp3) is 0.235. The molecule has 1 N–H and O–H groups in total. The SMILES string of the molecule is COc1ccc(Cl)cc1CC(Cc1ccccc1)C(=O)O. The van der Waals surface area contributed by atoms with Crippen molar-refractivity contribution in [3.8, 4) is 5.75 Å². The van der Waals surface area contributed by atoms with E-state index >= 15 is 0 Å². The Labute approximate surface area is 129 Å². The predicted molar refractivity (Wildman–Crippen MR) is 83.0 cm³/mol. The van der Waals surface area contributed by atoms with Gasteiger partial charge in [-0.2, -0.15) is 0 Å². The minimum Gasteiger partial charge on any atom is -0.496 e. The second kappa shape index (κ2) is 7.14. The summed E-state index contributed by atoms with van der Waals surface area (Å²) in [4.78, 5) is 11.5. The first-order chi connectivity index (χ1) is 10.1. The summed E-state index contributed by atoms with van der Waals surface area (Å²) in [5.74, 6) is -0.667. The lowest BCUT2D eigenvalue weighted by Crippen LogP contribution is -2.19. The lowest BCUT2D eigenvalue weighted by Gasteiger charge is -2.15. The van der Waals surface area contributed by atoms with Crippen LogP contribution in [0.1, 0.15) is 11.1 Å². The number of halogens is 1. The molecular weight excluding hydrogens is 288 g/mol. The van der Waals surface area contributed by atoms with Crippen LogP contribution in [0.5, 0.6) is 5.75 Å². The van der Waals surface area contributed by atoms with E-state index < -0.39 is 11.9 Å². The van der Waals surface area contributed by atoms with Crippen molar-refractivity contribution >= 4 is 17.6 Å². The third-order valence-electron chi connectivity index (χ3n) is 3.38.